The number of hydrogen-bond donors (Lipinski definition) is 2. The number of carbonyl (C=O) groups excluding carboxylic acids is 1. The standard InChI is InChI=1S/C10H20N2O3/c1-10(2,3)14-9(13)12-15-8-5-4-7(11)6-8/h7-8H,4-6,11H2,1-3H3,(H,12,13). The van der Waals surface area contributed by atoms with Crippen LogP contribution in [-0.4, -0.2) is 23.8 Å². The predicted molar refractivity (Wildman–Crippen MR) is 56.1 cm³/mol. The zero-order valence-electron chi connectivity index (χ0n) is 9.58. The first kappa shape index (κ1) is 12.3. The molecule has 0 aromatic carbocycles. The number of nitrogens with one attached hydrogen (secondary N) is 1. The molecule has 1 rings (SSSR count). The molecule has 15 heavy (non-hydrogen) atoms. The van der Waals surface area contributed by atoms with E-state index in [0.29, 0.717) is 0 Å². The zero-order valence-corrected chi connectivity index (χ0v) is 9.58. The average molecular weight is 216 g/mol. The van der Waals surface area contributed by atoms with Gasteiger partial charge in [-0.2, -0.15) is 5.48 Å². The monoisotopic (exact) mass is 216 g/mol. The van der Waals surface area contributed by atoms with Gasteiger partial charge in [0.2, 0.25) is 0 Å². The Kier molecular flexibility index (Phi) is 3.93. The van der Waals surface area contributed by atoms with E-state index in [-0.39, 0.29) is 12.1 Å². The number of carbonyl (C=O) groups is 1. The Morgan fingerprint density at radius 3 is 2.53 bits per heavy atom. The summed E-state index contributed by atoms with van der Waals surface area (Å²) in [7, 11) is 0. The second-order valence-electron chi connectivity index (χ2n) is 4.92. The molecular formula is C10H20N2O3. The molecule has 1 amide bonds. The van der Waals surface area contributed by atoms with E-state index in [4.69, 9.17) is 15.3 Å². The highest BCUT2D eigenvalue weighted by Crippen LogP contribution is 2.19. The molecule has 0 aromatic heterocycles. The van der Waals surface area contributed by atoms with Crippen LogP contribution in [0, 0.1) is 0 Å². The van der Waals surface area contributed by atoms with Gasteiger partial charge < -0.3 is 10.5 Å². The molecule has 5 heteroatoms. The van der Waals surface area contributed by atoms with Gasteiger partial charge in [0.1, 0.15) is 5.60 Å². The summed E-state index contributed by atoms with van der Waals surface area (Å²) in [5.41, 5.74) is 7.49. The second kappa shape index (κ2) is 4.81. The molecule has 1 saturated carbocycles. The lowest BCUT2D eigenvalue weighted by atomic mass is 10.2. The van der Waals surface area contributed by atoms with Gasteiger partial charge in [-0.3, -0.25) is 4.84 Å². The van der Waals surface area contributed by atoms with Crippen molar-refractivity contribution in [2.24, 2.45) is 5.73 Å². The Morgan fingerprint density at radius 1 is 1.40 bits per heavy atom. The Labute approximate surface area is 90.3 Å². The van der Waals surface area contributed by atoms with E-state index in [1.54, 1.807) is 20.8 Å². The first-order valence-electron chi connectivity index (χ1n) is 5.27. The summed E-state index contributed by atoms with van der Waals surface area (Å²) in [5, 5.41) is 0. The van der Waals surface area contributed by atoms with Crippen molar-refractivity contribution in [3.05, 3.63) is 0 Å². The van der Waals surface area contributed by atoms with E-state index in [1.165, 1.54) is 0 Å². The molecule has 0 bridgehead atoms. The second-order valence-corrected chi connectivity index (χ2v) is 4.92. The van der Waals surface area contributed by atoms with Crippen LogP contribution in [0.15, 0.2) is 0 Å². The number of rotatable bonds is 2. The summed E-state index contributed by atoms with van der Waals surface area (Å²) in [6.07, 6.45) is 2.09. The molecule has 0 saturated heterocycles. The molecular weight excluding hydrogens is 196 g/mol. The van der Waals surface area contributed by atoms with Crippen LogP contribution in [0.4, 0.5) is 4.79 Å². The first-order chi connectivity index (χ1) is 6.87. The number of hydrogen-bond acceptors (Lipinski definition) is 4. The quantitative estimate of drug-likeness (QED) is 0.683. The lowest BCUT2D eigenvalue weighted by Gasteiger charge is -2.20. The number of hydroxylamine groups is 1. The minimum absolute atomic E-state index is 0.0209. The molecule has 3 N–H and O–H groups in total. The minimum Gasteiger partial charge on any atom is -0.442 e. The van der Waals surface area contributed by atoms with Crippen LogP contribution in [0.5, 0.6) is 0 Å². The van der Waals surface area contributed by atoms with Crippen molar-refractivity contribution in [2.75, 3.05) is 0 Å². The molecule has 2 atom stereocenters. The van der Waals surface area contributed by atoms with E-state index in [1.807, 2.05) is 0 Å². The van der Waals surface area contributed by atoms with E-state index in [9.17, 15) is 4.79 Å². The highest BCUT2D eigenvalue weighted by Gasteiger charge is 2.24. The van der Waals surface area contributed by atoms with Crippen LogP contribution < -0.4 is 11.2 Å². The molecule has 2 unspecified atom stereocenters. The van der Waals surface area contributed by atoms with Crippen molar-refractivity contribution in [3.63, 3.8) is 0 Å². The lowest BCUT2D eigenvalue weighted by molar-refractivity contribution is -0.0399. The van der Waals surface area contributed by atoms with Crippen molar-refractivity contribution in [1.82, 2.24) is 5.48 Å². The molecule has 0 aliphatic heterocycles. The SMILES string of the molecule is CC(C)(C)OC(=O)NOC1CCC(N)C1. The highest BCUT2D eigenvalue weighted by atomic mass is 16.7. The Hall–Kier alpha value is -0.810. The van der Waals surface area contributed by atoms with Gasteiger partial charge in [0.05, 0.1) is 6.10 Å². The van der Waals surface area contributed by atoms with Crippen LogP contribution in [0.25, 0.3) is 0 Å². The molecule has 0 spiro atoms. The third-order valence-electron chi connectivity index (χ3n) is 2.13. The van der Waals surface area contributed by atoms with Gasteiger partial charge in [-0.1, -0.05) is 0 Å². The van der Waals surface area contributed by atoms with Gasteiger partial charge in [0, 0.05) is 6.04 Å². The Bertz CT molecular complexity index is 225. The molecule has 1 aliphatic carbocycles. The summed E-state index contributed by atoms with van der Waals surface area (Å²) in [6.45, 7) is 5.41. The van der Waals surface area contributed by atoms with Gasteiger partial charge in [-0.25, -0.2) is 4.79 Å². The van der Waals surface area contributed by atoms with Gasteiger partial charge in [-0.15, -0.1) is 0 Å². The maximum atomic E-state index is 11.2. The minimum atomic E-state index is -0.553. The first-order valence-corrected chi connectivity index (χ1v) is 5.27. The fourth-order valence-electron chi connectivity index (χ4n) is 1.51. The van der Waals surface area contributed by atoms with Crippen LogP contribution in [0.2, 0.25) is 0 Å². The van der Waals surface area contributed by atoms with Crippen molar-refractivity contribution in [2.45, 2.75) is 57.8 Å². The summed E-state index contributed by atoms with van der Waals surface area (Å²) in [4.78, 5) is 16.4. The molecule has 0 heterocycles. The number of ether oxygens (including phenoxy) is 1. The van der Waals surface area contributed by atoms with Crippen LogP contribution in [0.3, 0.4) is 0 Å². The fraction of sp³-hybridized carbons (Fsp3) is 0.900. The Balaban J connectivity index is 2.17. The number of amides is 1. The van der Waals surface area contributed by atoms with E-state index in [0.717, 1.165) is 19.3 Å². The summed E-state index contributed by atoms with van der Waals surface area (Å²) >= 11 is 0. The smallest absolute Gasteiger partial charge is 0.431 e. The maximum Gasteiger partial charge on any atom is 0.431 e. The molecule has 0 radical (unpaired) electrons. The summed E-state index contributed by atoms with van der Waals surface area (Å²) < 4.78 is 5.02. The van der Waals surface area contributed by atoms with Crippen LogP contribution in [-0.2, 0) is 9.57 Å². The molecule has 88 valence electrons. The summed E-state index contributed by atoms with van der Waals surface area (Å²) in [5.74, 6) is 0. The lowest BCUT2D eigenvalue weighted by Crippen LogP contribution is -2.35. The molecule has 5 nitrogen and oxygen atoms in total. The van der Waals surface area contributed by atoms with Gasteiger partial charge in [0.25, 0.3) is 0 Å². The zero-order chi connectivity index (χ0) is 11.5. The molecule has 1 fully saturated rings. The number of nitrogens with two attached hydrogens (primary N) is 1. The van der Waals surface area contributed by atoms with Crippen molar-refractivity contribution in [3.8, 4) is 0 Å². The van der Waals surface area contributed by atoms with Gasteiger partial charge >= 0.3 is 6.09 Å². The Morgan fingerprint density at radius 2 is 2.07 bits per heavy atom. The van der Waals surface area contributed by atoms with Gasteiger partial charge in [-0.05, 0) is 40.0 Å². The normalized spacial score (nSPS) is 26.4. The maximum absolute atomic E-state index is 11.2. The fourth-order valence-corrected chi connectivity index (χ4v) is 1.51. The summed E-state index contributed by atoms with van der Waals surface area (Å²) in [6, 6.07) is 0.190. The average Bonchev–Trinajstić information content (AvgIpc) is 2.45. The van der Waals surface area contributed by atoms with E-state index in [2.05, 4.69) is 5.48 Å². The predicted octanol–water partition coefficient (Wildman–Crippen LogP) is 1.32. The van der Waals surface area contributed by atoms with Gasteiger partial charge in [0.15, 0.2) is 0 Å². The van der Waals surface area contributed by atoms with Crippen LogP contribution >= 0.6 is 0 Å². The van der Waals surface area contributed by atoms with E-state index < -0.39 is 11.7 Å². The largest absolute Gasteiger partial charge is 0.442 e. The van der Waals surface area contributed by atoms with Crippen LogP contribution in [0.1, 0.15) is 40.0 Å². The topological polar surface area (TPSA) is 73.6 Å². The highest BCUT2D eigenvalue weighted by molar-refractivity contribution is 5.66. The van der Waals surface area contributed by atoms with Crippen molar-refractivity contribution < 1.29 is 14.4 Å². The van der Waals surface area contributed by atoms with Crippen molar-refractivity contribution >= 4 is 6.09 Å². The van der Waals surface area contributed by atoms with E-state index >= 15 is 0 Å². The third-order valence-corrected chi connectivity index (χ3v) is 2.13. The molecule has 0 aromatic rings. The third kappa shape index (κ3) is 4.99. The molecule has 1 aliphatic rings. The van der Waals surface area contributed by atoms with Crippen molar-refractivity contribution in [1.29, 1.82) is 0 Å².